The first-order valence-corrected chi connectivity index (χ1v) is 11.7. The lowest BCUT2D eigenvalue weighted by atomic mass is 10.2. The van der Waals surface area contributed by atoms with Crippen molar-refractivity contribution in [1.29, 1.82) is 0 Å². The molecule has 0 spiro atoms. The fourth-order valence-electron chi connectivity index (χ4n) is 2.16. The molecule has 0 unspecified atom stereocenters. The van der Waals surface area contributed by atoms with Gasteiger partial charge < -0.3 is 4.74 Å². The van der Waals surface area contributed by atoms with E-state index < -0.39 is 9.84 Å². The number of rotatable bonds is 4. The smallest absolute Gasteiger partial charge is 0.206 e. The van der Waals surface area contributed by atoms with E-state index >= 15 is 0 Å². The highest BCUT2D eigenvalue weighted by Crippen LogP contribution is 2.26. The van der Waals surface area contributed by atoms with E-state index in [4.69, 9.17) is 4.74 Å². The molecule has 158 valence electrons. The topological polar surface area (TPSA) is 43.4 Å². The Morgan fingerprint density at radius 3 is 1.38 bits per heavy atom. The first kappa shape index (κ1) is 26.4. The number of para-hydroxylation sites is 1. The second-order valence-corrected chi connectivity index (χ2v) is 7.15. The van der Waals surface area contributed by atoms with Crippen LogP contribution in [0.3, 0.4) is 0 Å². The minimum atomic E-state index is -3.50. The van der Waals surface area contributed by atoms with Crippen molar-refractivity contribution in [1.82, 2.24) is 0 Å². The summed E-state index contributed by atoms with van der Waals surface area (Å²) in [6.07, 6.45) is 0. The molecule has 3 nitrogen and oxygen atoms in total. The Balaban J connectivity index is 0.00000120. The molecule has 4 heteroatoms. The summed E-state index contributed by atoms with van der Waals surface area (Å²) in [4.78, 5) is 0.543. The zero-order valence-electron chi connectivity index (χ0n) is 18.6. The van der Waals surface area contributed by atoms with Crippen LogP contribution in [0.2, 0.25) is 0 Å². The van der Waals surface area contributed by atoms with Gasteiger partial charge in [0.2, 0.25) is 9.84 Å². The Bertz CT molecular complexity index is 883. The lowest BCUT2D eigenvalue weighted by Gasteiger charge is -2.08. The molecule has 0 saturated carbocycles. The Morgan fingerprint density at radius 1 is 0.552 bits per heavy atom. The minimum absolute atomic E-state index is 0.252. The summed E-state index contributed by atoms with van der Waals surface area (Å²) in [5.74, 6) is 1.31. The van der Waals surface area contributed by atoms with Crippen molar-refractivity contribution >= 4 is 9.84 Å². The number of benzene rings is 3. The van der Waals surface area contributed by atoms with E-state index in [1.165, 1.54) is 0 Å². The van der Waals surface area contributed by atoms with Gasteiger partial charge in [-0.1, -0.05) is 77.4 Å². The van der Waals surface area contributed by atoms with Crippen LogP contribution in [-0.4, -0.2) is 8.42 Å². The molecule has 3 rings (SSSR count). The summed E-state index contributed by atoms with van der Waals surface area (Å²) in [6.45, 7) is 13.9. The Morgan fingerprint density at radius 2 is 0.931 bits per heavy atom. The lowest BCUT2D eigenvalue weighted by Crippen LogP contribution is -2.01. The number of sulfone groups is 1. The molecule has 0 amide bonds. The number of ether oxygens (including phenoxy) is 1. The highest BCUT2D eigenvalue weighted by molar-refractivity contribution is 7.91. The largest absolute Gasteiger partial charge is 0.457 e. The van der Waals surface area contributed by atoms with Crippen LogP contribution < -0.4 is 4.74 Å². The van der Waals surface area contributed by atoms with E-state index in [0.29, 0.717) is 16.4 Å². The SMILES string of the molecule is CC.CC.CC.Cc1ccc(S(=O)(=O)c2ccc(Oc3ccccc3)cc2)cc1. The predicted octanol–water partition coefficient (Wildman–Crippen LogP) is 7.70. The molecule has 3 aromatic carbocycles. The van der Waals surface area contributed by atoms with Crippen LogP contribution in [0.5, 0.6) is 11.5 Å². The number of hydrogen-bond donors (Lipinski definition) is 0. The summed E-state index contributed by atoms with van der Waals surface area (Å²) in [5.41, 5.74) is 1.02. The molecule has 0 aliphatic heterocycles. The molecule has 0 N–H and O–H groups in total. The first-order valence-electron chi connectivity index (χ1n) is 10.2. The highest BCUT2D eigenvalue weighted by atomic mass is 32.2. The summed E-state index contributed by atoms with van der Waals surface area (Å²) < 4.78 is 30.8. The van der Waals surface area contributed by atoms with E-state index in [0.717, 1.165) is 5.56 Å². The van der Waals surface area contributed by atoms with Crippen LogP contribution in [0.15, 0.2) is 88.7 Å². The average molecular weight is 415 g/mol. The van der Waals surface area contributed by atoms with Gasteiger partial charge in [-0.2, -0.15) is 0 Å². The monoisotopic (exact) mass is 414 g/mol. The molecule has 0 aliphatic rings. The van der Waals surface area contributed by atoms with Crippen molar-refractivity contribution in [3.05, 3.63) is 84.4 Å². The van der Waals surface area contributed by atoms with Gasteiger partial charge in [-0.3, -0.25) is 0 Å². The van der Waals surface area contributed by atoms with Gasteiger partial charge in [0.1, 0.15) is 11.5 Å². The third kappa shape index (κ3) is 8.12. The summed E-state index contributed by atoms with van der Waals surface area (Å²) in [5, 5.41) is 0. The summed E-state index contributed by atoms with van der Waals surface area (Å²) in [7, 11) is -3.50. The van der Waals surface area contributed by atoms with E-state index in [2.05, 4.69) is 0 Å². The molecular weight excluding hydrogens is 380 g/mol. The molecule has 0 radical (unpaired) electrons. The predicted molar refractivity (Wildman–Crippen MR) is 124 cm³/mol. The van der Waals surface area contributed by atoms with Crippen LogP contribution in [-0.2, 0) is 9.84 Å². The van der Waals surface area contributed by atoms with E-state index in [9.17, 15) is 8.42 Å². The quantitative estimate of drug-likeness (QED) is 0.439. The minimum Gasteiger partial charge on any atom is -0.457 e. The van der Waals surface area contributed by atoms with E-state index in [-0.39, 0.29) is 4.90 Å². The number of aryl methyl sites for hydroxylation is 1. The molecule has 0 aliphatic carbocycles. The maximum absolute atomic E-state index is 12.6. The van der Waals surface area contributed by atoms with Crippen LogP contribution >= 0.6 is 0 Å². The lowest BCUT2D eigenvalue weighted by molar-refractivity contribution is 0.482. The van der Waals surface area contributed by atoms with Gasteiger partial charge in [-0.25, -0.2) is 8.42 Å². The van der Waals surface area contributed by atoms with Crippen molar-refractivity contribution in [2.75, 3.05) is 0 Å². The number of hydrogen-bond acceptors (Lipinski definition) is 3. The van der Waals surface area contributed by atoms with Gasteiger partial charge in [0, 0.05) is 0 Å². The molecule has 0 aromatic heterocycles. The molecule has 0 bridgehead atoms. The Labute approximate surface area is 177 Å². The van der Waals surface area contributed by atoms with Crippen molar-refractivity contribution in [3.8, 4) is 11.5 Å². The van der Waals surface area contributed by atoms with Crippen molar-refractivity contribution in [2.24, 2.45) is 0 Å². The summed E-state index contributed by atoms with van der Waals surface area (Å²) in [6, 6.07) is 22.6. The zero-order valence-corrected chi connectivity index (χ0v) is 19.5. The molecule has 0 atom stereocenters. The van der Waals surface area contributed by atoms with Crippen LogP contribution in [0.4, 0.5) is 0 Å². The Kier molecular flexibility index (Phi) is 13.1. The van der Waals surface area contributed by atoms with Crippen molar-refractivity contribution in [2.45, 2.75) is 58.3 Å². The maximum Gasteiger partial charge on any atom is 0.206 e. The van der Waals surface area contributed by atoms with Crippen molar-refractivity contribution < 1.29 is 13.2 Å². The molecule has 0 heterocycles. The second-order valence-electron chi connectivity index (χ2n) is 5.20. The third-order valence-electron chi connectivity index (χ3n) is 3.44. The average Bonchev–Trinajstić information content (AvgIpc) is 2.79. The van der Waals surface area contributed by atoms with Gasteiger partial charge >= 0.3 is 0 Å². The molecule has 0 saturated heterocycles. The van der Waals surface area contributed by atoms with Crippen LogP contribution in [0.25, 0.3) is 0 Å². The molecular formula is C25H34O3S. The van der Waals surface area contributed by atoms with Gasteiger partial charge in [0.15, 0.2) is 0 Å². The third-order valence-corrected chi connectivity index (χ3v) is 5.23. The normalized spacial score (nSPS) is 9.48. The second kappa shape index (κ2) is 14.4. The molecule has 0 fully saturated rings. The zero-order chi connectivity index (χ0) is 22.3. The molecule has 29 heavy (non-hydrogen) atoms. The summed E-state index contributed by atoms with van der Waals surface area (Å²) >= 11 is 0. The van der Waals surface area contributed by atoms with Crippen LogP contribution in [0.1, 0.15) is 47.1 Å². The van der Waals surface area contributed by atoms with Crippen LogP contribution in [0, 0.1) is 6.92 Å². The highest BCUT2D eigenvalue weighted by Gasteiger charge is 2.17. The van der Waals surface area contributed by atoms with Gasteiger partial charge in [-0.05, 0) is 55.5 Å². The fraction of sp³-hybridized carbons (Fsp3) is 0.280. The standard InChI is InChI=1S/C19H16O3S.3C2H6/c1-15-7-11-18(12-8-15)23(20,21)19-13-9-17(10-14-19)22-16-5-3-2-4-6-16;3*1-2/h2-14H,1H3;3*1-2H3. The Hall–Kier alpha value is -2.59. The van der Waals surface area contributed by atoms with E-state index in [1.54, 1.807) is 48.5 Å². The van der Waals surface area contributed by atoms with E-state index in [1.807, 2.05) is 78.8 Å². The van der Waals surface area contributed by atoms with Crippen molar-refractivity contribution in [3.63, 3.8) is 0 Å². The first-order chi connectivity index (χ1) is 14.1. The van der Waals surface area contributed by atoms with Gasteiger partial charge in [0.25, 0.3) is 0 Å². The maximum atomic E-state index is 12.6. The fourth-order valence-corrected chi connectivity index (χ4v) is 3.43. The van der Waals surface area contributed by atoms with Gasteiger partial charge in [0.05, 0.1) is 9.79 Å². The van der Waals surface area contributed by atoms with Gasteiger partial charge in [-0.15, -0.1) is 0 Å². The molecule has 3 aromatic rings.